The fourth-order valence-corrected chi connectivity index (χ4v) is 2.05. The zero-order valence-corrected chi connectivity index (χ0v) is 16.0. The van der Waals surface area contributed by atoms with Crippen molar-refractivity contribution in [2.45, 2.75) is 20.0 Å². The Balaban J connectivity index is 2.78. The fraction of sp³-hybridized carbons (Fsp3) is 0.389. The number of imide groups is 1. The third kappa shape index (κ3) is 6.53. The predicted molar refractivity (Wildman–Crippen MR) is 97.9 cm³/mol. The van der Waals surface area contributed by atoms with Gasteiger partial charge < -0.3 is 24.3 Å². The van der Waals surface area contributed by atoms with E-state index >= 15 is 0 Å². The van der Waals surface area contributed by atoms with Crippen molar-refractivity contribution in [3.63, 3.8) is 0 Å². The van der Waals surface area contributed by atoms with Gasteiger partial charge in [0.25, 0.3) is 5.91 Å². The van der Waals surface area contributed by atoms with Crippen molar-refractivity contribution in [2.75, 3.05) is 27.9 Å². The monoisotopic (exact) mass is 380 g/mol. The van der Waals surface area contributed by atoms with E-state index in [9.17, 15) is 14.4 Å². The Morgan fingerprint density at radius 1 is 1.07 bits per heavy atom. The molecule has 9 heteroatoms. The fourth-order valence-electron chi connectivity index (χ4n) is 2.05. The number of benzene rings is 1. The molecule has 1 unspecified atom stereocenters. The molecule has 1 rings (SSSR count). The number of nitrogens with one attached hydrogen (secondary N) is 2. The van der Waals surface area contributed by atoms with Crippen molar-refractivity contribution in [3.8, 4) is 17.2 Å². The van der Waals surface area contributed by atoms with E-state index in [1.54, 1.807) is 19.1 Å². The summed E-state index contributed by atoms with van der Waals surface area (Å²) in [7, 11) is 4.45. The summed E-state index contributed by atoms with van der Waals surface area (Å²) < 4.78 is 20.7. The lowest BCUT2D eigenvalue weighted by Gasteiger charge is -2.13. The highest BCUT2D eigenvalue weighted by molar-refractivity contribution is 5.98. The van der Waals surface area contributed by atoms with Crippen LogP contribution in [0.5, 0.6) is 17.2 Å². The second-order valence-corrected chi connectivity index (χ2v) is 5.22. The number of amides is 3. The minimum atomic E-state index is -1.13. The van der Waals surface area contributed by atoms with Crippen LogP contribution in [-0.4, -0.2) is 51.9 Å². The van der Waals surface area contributed by atoms with Crippen LogP contribution in [0.1, 0.15) is 19.4 Å². The summed E-state index contributed by atoms with van der Waals surface area (Å²) in [5.41, 5.74) is 0.598. The average molecular weight is 380 g/mol. The van der Waals surface area contributed by atoms with Crippen molar-refractivity contribution < 1.29 is 33.3 Å². The minimum absolute atomic E-state index is 0.366. The molecule has 0 aliphatic rings. The van der Waals surface area contributed by atoms with E-state index < -0.39 is 24.0 Å². The summed E-state index contributed by atoms with van der Waals surface area (Å²) in [4.78, 5) is 34.9. The zero-order chi connectivity index (χ0) is 20.4. The Labute approximate surface area is 157 Å². The maximum Gasteiger partial charge on any atom is 0.331 e. The summed E-state index contributed by atoms with van der Waals surface area (Å²) in [6.45, 7) is 3.44. The molecule has 1 aromatic rings. The maximum absolute atomic E-state index is 11.9. The summed E-state index contributed by atoms with van der Waals surface area (Å²) in [5.74, 6) is -0.188. The maximum atomic E-state index is 11.9. The first kappa shape index (κ1) is 21.8. The Bertz CT molecular complexity index is 691. The quantitative estimate of drug-likeness (QED) is 0.519. The number of rotatable bonds is 8. The molecule has 1 atom stereocenters. The van der Waals surface area contributed by atoms with Gasteiger partial charge in [-0.3, -0.25) is 10.1 Å². The van der Waals surface area contributed by atoms with Crippen LogP contribution in [0.2, 0.25) is 0 Å². The summed E-state index contributed by atoms with van der Waals surface area (Å²) in [5, 5.41) is 4.47. The van der Waals surface area contributed by atoms with E-state index in [1.165, 1.54) is 34.3 Å². The van der Waals surface area contributed by atoms with E-state index in [0.717, 1.165) is 6.08 Å². The van der Waals surface area contributed by atoms with Gasteiger partial charge in [-0.25, -0.2) is 9.59 Å². The molecule has 148 valence electrons. The minimum Gasteiger partial charge on any atom is -0.493 e. The second-order valence-electron chi connectivity index (χ2n) is 5.22. The first-order valence-corrected chi connectivity index (χ1v) is 8.13. The van der Waals surface area contributed by atoms with Crippen molar-refractivity contribution in [2.24, 2.45) is 0 Å². The lowest BCUT2D eigenvalue weighted by Crippen LogP contribution is -2.44. The van der Waals surface area contributed by atoms with Crippen LogP contribution < -0.4 is 24.8 Å². The van der Waals surface area contributed by atoms with Crippen molar-refractivity contribution in [3.05, 3.63) is 23.8 Å². The lowest BCUT2D eigenvalue weighted by atomic mass is 10.1. The third-order valence-corrected chi connectivity index (χ3v) is 3.34. The molecule has 0 fully saturated rings. The molecule has 9 nitrogen and oxygen atoms in total. The van der Waals surface area contributed by atoms with E-state index in [0.29, 0.717) is 29.4 Å². The largest absolute Gasteiger partial charge is 0.493 e. The van der Waals surface area contributed by atoms with Crippen LogP contribution in [0.25, 0.3) is 6.08 Å². The van der Waals surface area contributed by atoms with Gasteiger partial charge in [0.15, 0.2) is 17.6 Å². The number of esters is 1. The van der Waals surface area contributed by atoms with Gasteiger partial charge >= 0.3 is 12.0 Å². The zero-order valence-electron chi connectivity index (χ0n) is 16.0. The topological polar surface area (TPSA) is 112 Å². The third-order valence-electron chi connectivity index (χ3n) is 3.34. The molecular formula is C18H24N2O7. The molecule has 27 heavy (non-hydrogen) atoms. The lowest BCUT2D eigenvalue weighted by molar-refractivity contribution is -0.149. The van der Waals surface area contributed by atoms with Gasteiger partial charge in [-0.15, -0.1) is 0 Å². The average Bonchev–Trinajstić information content (AvgIpc) is 2.65. The van der Waals surface area contributed by atoms with Crippen LogP contribution in [0, 0.1) is 0 Å². The molecule has 2 N–H and O–H groups in total. The van der Waals surface area contributed by atoms with Gasteiger partial charge in [-0.1, -0.05) is 0 Å². The van der Waals surface area contributed by atoms with Gasteiger partial charge in [0.05, 0.1) is 21.3 Å². The smallest absolute Gasteiger partial charge is 0.331 e. The summed E-state index contributed by atoms with van der Waals surface area (Å²) in [6.07, 6.45) is 1.49. The van der Waals surface area contributed by atoms with Crippen LogP contribution in [0.15, 0.2) is 18.2 Å². The molecule has 0 aliphatic heterocycles. The van der Waals surface area contributed by atoms with Crippen LogP contribution in [0.4, 0.5) is 4.79 Å². The highest BCUT2D eigenvalue weighted by Gasteiger charge is 2.18. The number of hydrogen-bond donors (Lipinski definition) is 2. The van der Waals surface area contributed by atoms with Gasteiger partial charge in [0.2, 0.25) is 5.75 Å². The molecule has 3 amide bonds. The SMILES string of the molecule is CCNC(=O)NC(=O)C(C)OC(=O)C=Cc1cc(OC)c(OC)c(OC)c1. The highest BCUT2D eigenvalue weighted by Crippen LogP contribution is 2.38. The van der Waals surface area contributed by atoms with E-state index in [1.807, 2.05) is 0 Å². The molecule has 0 bridgehead atoms. The van der Waals surface area contributed by atoms with Crippen LogP contribution in [-0.2, 0) is 14.3 Å². The molecule has 0 radical (unpaired) electrons. The number of ether oxygens (including phenoxy) is 4. The van der Waals surface area contributed by atoms with Gasteiger partial charge in [-0.05, 0) is 37.6 Å². The first-order valence-electron chi connectivity index (χ1n) is 8.13. The Hall–Kier alpha value is -3.23. The van der Waals surface area contributed by atoms with Crippen molar-refractivity contribution in [1.29, 1.82) is 0 Å². The van der Waals surface area contributed by atoms with E-state index in [4.69, 9.17) is 18.9 Å². The molecule has 0 spiro atoms. The van der Waals surface area contributed by atoms with Gasteiger partial charge in [0.1, 0.15) is 0 Å². The molecule has 0 aromatic heterocycles. The molecule has 0 saturated heterocycles. The highest BCUT2D eigenvalue weighted by atomic mass is 16.5. The van der Waals surface area contributed by atoms with E-state index in [-0.39, 0.29) is 0 Å². The second kappa shape index (κ2) is 10.7. The Kier molecular flexibility index (Phi) is 8.64. The van der Waals surface area contributed by atoms with Crippen molar-refractivity contribution >= 4 is 24.0 Å². The number of urea groups is 1. The molecule has 1 aromatic carbocycles. The normalized spacial score (nSPS) is 11.4. The van der Waals surface area contributed by atoms with E-state index in [2.05, 4.69) is 10.6 Å². The molecule has 0 saturated carbocycles. The summed E-state index contributed by atoms with van der Waals surface area (Å²) in [6, 6.07) is 2.64. The van der Waals surface area contributed by atoms with Crippen LogP contribution in [0.3, 0.4) is 0 Å². The van der Waals surface area contributed by atoms with Gasteiger partial charge in [0, 0.05) is 12.6 Å². The molecule has 0 aliphatic carbocycles. The molecule has 0 heterocycles. The Morgan fingerprint density at radius 2 is 1.67 bits per heavy atom. The van der Waals surface area contributed by atoms with Crippen molar-refractivity contribution in [1.82, 2.24) is 10.6 Å². The predicted octanol–water partition coefficient (Wildman–Crippen LogP) is 1.50. The number of methoxy groups -OCH3 is 3. The Morgan fingerprint density at radius 3 is 2.15 bits per heavy atom. The standard InChI is InChI=1S/C18H24N2O7/c1-6-19-18(23)20-17(22)11(2)27-15(21)8-7-12-9-13(24-3)16(26-5)14(10-12)25-4/h7-11H,6H2,1-5H3,(H2,19,20,22,23). The number of carbonyl (C=O) groups is 3. The van der Waals surface area contributed by atoms with Gasteiger partial charge in [-0.2, -0.15) is 0 Å². The number of carbonyl (C=O) groups excluding carboxylic acids is 3. The number of hydrogen-bond acceptors (Lipinski definition) is 7. The summed E-state index contributed by atoms with van der Waals surface area (Å²) >= 11 is 0. The first-order chi connectivity index (χ1) is 12.9. The molecular weight excluding hydrogens is 356 g/mol. The van der Waals surface area contributed by atoms with Crippen LogP contribution >= 0.6 is 0 Å².